The topological polar surface area (TPSA) is 67.8 Å². The number of benzene rings is 2. The van der Waals surface area contributed by atoms with Crippen molar-refractivity contribution in [2.75, 3.05) is 37.7 Å². The van der Waals surface area contributed by atoms with Crippen LogP contribution in [0.1, 0.15) is 13.8 Å². The van der Waals surface area contributed by atoms with E-state index in [1.807, 2.05) is 78.6 Å². The number of ether oxygens (including phenoxy) is 2. The number of nitrogens with zero attached hydrogens (tertiary/aromatic N) is 4. The molecule has 0 bridgehead atoms. The zero-order valence-corrected chi connectivity index (χ0v) is 18.5. The summed E-state index contributed by atoms with van der Waals surface area (Å²) in [5.41, 5.74) is 1.89. The van der Waals surface area contributed by atoms with Gasteiger partial charge in [-0.1, -0.05) is 36.4 Å². The first-order valence-electron chi connectivity index (χ1n) is 11.0. The molecule has 0 spiro atoms. The van der Waals surface area contributed by atoms with Crippen molar-refractivity contribution in [3.8, 4) is 22.8 Å². The number of piperazine rings is 1. The van der Waals surface area contributed by atoms with E-state index in [2.05, 4.69) is 15.1 Å². The molecule has 2 aromatic carbocycles. The van der Waals surface area contributed by atoms with Crippen LogP contribution < -0.4 is 14.4 Å². The monoisotopic (exact) mass is 432 g/mol. The van der Waals surface area contributed by atoms with Crippen molar-refractivity contribution >= 4 is 11.7 Å². The number of carbonyl (C=O) groups is 1. The Morgan fingerprint density at radius 3 is 2.38 bits per heavy atom. The molecule has 7 nitrogen and oxygen atoms in total. The third-order valence-electron chi connectivity index (χ3n) is 5.41. The highest BCUT2D eigenvalue weighted by Gasteiger charge is 2.26. The largest absolute Gasteiger partial charge is 0.494 e. The number of hydrogen-bond donors (Lipinski definition) is 0. The molecule has 0 N–H and O–H groups in total. The number of hydrogen-bond acceptors (Lipinski definition) is 6. The minimum absolute atomic E-state index is 0.0167. The molecule has 1 atom stereocenters. The second kappa shape index (κ2) is 10.1. The minimum Gasteiger partial charge on any atom is -0.494 e. The first kappa shape index (κ1) is 21.6. The second-order valence-corrected chi connectivity index (χ2v) is 7.62. The van der Waals surface area contributed by atoms with Gasteiger partial charge in [-0.2, -0.15) is 0 Å². The molecule has 32 heavy (non-hydrogen) atoms. The first-order chi connectivity index (χ1) is 15.6. The molecule has 1 saturated heterocycles. The molecular formula is C25H28N4O3. The summed E-state index contributed by atoms with van der Waals surface area (Å²) < 4.78 is 11.4. The van der Waals surface area contributed by atoms with E-state index in [1.54, 1.807) is 6.92 Å². The SMILES string of the molecule is CCOc1cccc(OC(C)C(=O)N2CCN(c3ccc(-c4ccccc4)nn3)CC2)c1. The smallest absolute Gasteiger partial charge is 0.263 e. The Morgan fingerprint density at radius 1 is 0.938 bits per heavy atom. The van der Waals surface area contributed by atoms with E-state index in [9.17, 15) is 4.79 Å². The predicted molar refractivity (Wildman–Crippen MR) is 124 cm³/mol. The molecule has 3 aromatic rings. The highest BCUT2D eigenvalue weighted by molar-refractivity contribution is 5.81. The molecular weight excluding hydrogens is 404 g/mol. The molecule has 1 aromatic heterocycles. The Kier molecular flexibility index (Phi) is 6.84. The maximum absolute atomic E-state index is 12.9. The summed E-state index contributed by atoms with van der Waals surface area (Å²) in [6.45, 7) is 6.95. The molecule has 0 aliphatic carbocycles. The number of carbonyl (C=O) groups excluding carboxylic acids is 1. The standard InChI is InChI=1S/C25H28N4O3/c1-3-31-21-10-7-11-22(18-21)32-19(2)25(30)29-16-14-28(15-17-29)24-13-12-23(26-27-24)20-8-5-4-6-9-20/h4-13,18-19H,3,14-17H2,1-2H3. The Morgan fingerprint density at radius 2 is 1.69 bits per heavy atom. The van der Waals surface area contributed by atoms with Gasteiger partial charge in [0, 0.05) is 37.8 Å². The molecule has 166 valence electrons. The molecule has 2 heterocycles. The summed E-state index contributed by atoms with van der Waals surface area (Å²) in [6, 6.07) is 21.3. The zero-order valence-electron chi connectivity index (χ0n) is 18.5. The van der Waals surface area contributed by atoms with Crippen LogP contribution in [0, 0.1) is 0 Å². The normalized spacial score (nSPS) is 14.7. The van der Waals surface area contributed by atoms with Gasteiger partial charge in [0.15, 0.2) is 11.9 Å². The number of anilines is 1. The Labute approximate surface area is 188 Å². The molecule has 7 heteroatoms. The van der Waals surface area contributed by atoms with Gasteiger partial charge in [-0.05, 0) is 38.1 Å². The van der Waals surface area contributed by atoms with E-state index in [1.165, 1.54) is 0 Å². The van der Waals surface area contributed by atoms with Gasteiger partial charge in [-0.25, -0.2) is 0 Å². The molecule has 1 unspecified atom stereocenters. The van der Waals surface area contributed by atoms with Crippen LogP contribution in [-0.2, 0) is 4.79 Å². The maximum Gasteiger partial charge on any atom is 0.263 e. The van der Waals surface area contributed by atoms with Crippen LogP contribution in [0.5, 0.6) is 11.5 Å². The van der Waals surface area contributed by atoms with Crippen molar-refractivity contribution in [1.29, 1.82) is 0 Å². The summed E-state index contributed by atoms with van der Waals surface area (Å²) >= 11 is 0. The highest BCUT2D eigenvalue weighted by Crippen LogP contribution is 2.22. The predicted octanol–water partition coefficient (Wildman–Crippen LogP) is 3.66. The lowest BCUT2D eigenvalue weighted by Crippen LogP contribution is -2.52. The third-order valence-corrected chi connectivity index (χ3v) is 5.41. The minimum atomic E-state index is -0.566. The number of aromatic nitrogens is 2. The van der Waals surface area contributed by atoms with E-state index in [0.29, 0.717) is 38.5 Å². The van der Waals surface area contributed by atoms with Crippen molar-refractivity contribution in [2.45, 2.75) is 20.0 Å². The van der Waals surface area contributed by atoms with E-state index in [4.69, 9.17) is 9.47 Å². The van der Waals surface area contributed by atoms with E-state index in [-0.39, 0.29) is 5.91 Å². The van der Waals surface area contributed by atoms with E-state index < -0.39 is 6.10 Å². The quantitative estimate of drug-likeness (QED) is 0.568. The number of amides is 1. The average molecular weight is 433 g/mol. The highest BCUT2D eigenvalue weighted by atomic mass is 16.5. The molecule has 0 radical (unpaired) electrons. The summed E-state index contributed by atoms with van der Waals surface area (Å²) in [4.78, 5) is 16.9. The molecule has 1 fully saturated rings. The molecule has 1 amide bonds. The zero-order chi connectivity index (χ0) is 22.3. The van der Waals surface area contributed by atoms with Gasteiger partial charge in [0.2, 0.25) is 0 Å². The summed E-state index contributed by atoms with van der Waals surface area (Å²) in [5, 5.41) is 8.77. The number of rotatable bonds is 7. The third kappa shape index (κ3) is 5.17. The lowest BCUT2D eigenvalue weighted by Gasteiger charge is -2.36. The van der Waals surface area contributed by atoms with Crippen LogP contribution in [0.2, 0.25) is 0 Å². The summed E-state index contributed by atoms with van der Waals surface area (Å²) in [7, 11) is 0. The molecule has 4 rings (SSSR count). The van der Waals surface area contributed by atoms with Crippen LogP contribution in [0.25, 0.3) is 11.3 Å². The van der Waals surface area contributed by atoms with Gasteiger partial charge in [0.05, 0.1) is 12.3 Å². The van der Waals surface area contributed by atoms with Crippen LogP contribution in [0.15, 0.2) is 66.7 Å². The molecule has 1 aliphatic rings. The van der Waals surface area contributed by atoms with Crippen LogP contribution in [-0.4, -0.2) is 59.9 Å². The van der Waals surface area contributed by atoms with Crippen LogP contribution >= 0.6 is 0 Å². The lowest BCUT2D eigenvalue weighted by atomic mass is 10.1. The fraction of sp³-hybridized carbons (Fsp3) is 0.320. The van der Waals surface area contributed by atoms with Crippen molar-refractivity contribution in [3.05, 3.63) is 66.7 Å². The van der Waals surface area contributed by atoms with Gasteiger partial charge < -0.3 is 19.3 Å². The average Bonchev–Trinajstić information content (AvgIpc) is 2.85. The fourth-order valence-corrected chi connectivity index (χ4v) is 3.73. The molecule has 1 aliphatic heterocycles. The lowest BCUT2D eigenvalue weighted by molar-refractivity contribution is -0.138. The van der Waals surface area contributed by atoms with Crippen molar-refractivity contribution in [1.82, 2.24) is 15.1 Å². The Balaban J connectivity index is 1.31. The fourth-order valence-electron chi connectivity index (χ4n) is 3.73. The van der Waals surface area contributed by atoms with Crippen LogP contribution in [0.4, 0.5) is 5.82 Å². The van der Waals surface area contributed by atoms with Gasteiger partial charge in [0.1, 0.15) is 11.5 Å². The van der Waals surface area contributed by atoms with Gasteiger partial charge in [-0.15, -0.1) is 10.2 Å². The van der Waals surface area contributed by atoms with Crippen LogP contribution in [0.3, 0.4) is 0 Å². The van der Waals surface area contributed by atoms with Crippen molar-refractivity contribution < 1.29 is 14.3 Å². The van der Waals surface area contributed by atoms with E-state index >= 15 is 0 Å². The van der Waals surface area contributed by atoms with Gasteiger partial charge in [-0.3, -0.25) is 4.79 Å². The van der Waals surface area contributed by atoms with E-state index in [0.717, 1.165) is 22.8 Å². The second-order valence-electron chi connectivity index (χ2n) is 7.62. The van der Waals surface area contributed by atoms with Crippen molar-refractivity contribution in [3.63, 3.8) is 0 Å². The maximum atomic E-state index is 12.9. The van der Waals surface area contributed by atoms with Gasteiger partial charge in [0.25, 0.3) is 5.91 Å². The first-order valence-corrected chi connectivity index (χ1v) is 11.0. The van der Waals surface area contributed by atoms with Gasteiger partial charge >= 0.3 is 0 Å². The summed E-state index contributed by atoms with van der Waals surface area (Å²) in [6.07, 6.45) is -0.566. The summed E-state index contributed by atoms with van der Waals surface area (Å²) in [5.74, 6) is 2.17. The van der Waals surface area contributed by atoms with Crippen molar-refractivity contribution in [2.24, 2.45) is 0 Å². The Hall–Kier alpha value is -3.61. The Bertz CT molecular complexity index is 1020. The molecule has 0 saturated carbocycles.